The second kappa shape index (κ2) is 9.12. The van der Waals surface area contributed by atoms with E-state index in [-0.39, 0.29) is 12.2 Å². The molecule has 0 aliphatic rings. The van der Waals surface area contributed by atoms with Gasteiger partial charge in [0, 0.05) is 12.2 Å². The van der Waals surface area contributed by atoms with Crippen molar-refractivity contribution in [2.45, 2.75) is 19.1 Å². The average Bonchev–Trinajstić information content (AvgIpc) is 2.65. The number of alkyl halides is 3. The molecule has 0 bridgehead atoms. The summed E-state index contributed by atoms with van der Waals surface area (Å²) < 4.78 is 48.3. The van der Waals surface area contributed by atoms with Crippen molar-refractivity contribution < 1.29 is 32.2 Å². The van der Waals surface area contributed by atoms with E-state index >= 15 is 0 Å². The Balaban J connectivity index is 1.89. The van der Waals surface area contributed by atoms with Gasteiger partial charge < -0.3 is 20.1 Å². The molecule has 6 nitrogen and oxygen atoms in total. The van der Waals surface area contributed by atoms with Gasteiger partial charge in [-0.3, -0.25) is 9.59 Å². The number of rotatable bonds is 7. The third-order valence-electron chi connectivity index (χ3n) is 3.73. The highest BCUT2D eigenvalue weighted by atomic mass is 19.4. The van der Waals surface area contributed by atoms with Crippen LogP contribution in [0.3, 0.4) is 0 Å². The van der Waals surface area contributed by atoms with Crippen LogP contribution in [-0.4, -0.2) is 26.0 Å². The lowest BCUT2D eigenvalue weighted by Gasteiger charge is -2.11. The van der Waals surface area contributed by atoms with Crippen LogP contribution in [0.25, 0.3) is 0 Å². The minimum absolute atomic E-state index is 0.0347. The Labute approximate surface area is 159 Å². The average molecular weight is 396 g/mol. The van der Waals surface area contributed by atoms with Gasteiger partial charge in [0.1, 0.15) is 6.42 Å². The number of benzene rings is 2. The predicted octanol–water partition coefficient (Wildman–Crippen LogP) is 3.37. The van der Waals surface area contributed by atoms with Crippen LogP contribution in [0.4, 0.5) is 18.9 Å². The number of hydrogen-bond acceptors (Lipinski definition) is 4. The molecular formula is C19H19F3N2O4. The molecule has 150 valence electrons. The van der Waals surface area contributed by atoms with Crippen LogP contribution in [0.1, 0.15) is 17.5 Å². The van der Waals surface area contributed by atoms with E-state index in [1.54, 1.807) is 18.2 Å². The van der Waals surface area contributed by atoms with Crippen molar-refractivity contribution in [2.75, 3.05) is 19.5 Å². The maximum Gasteiger partial charge on any atom is 0.416 e. The van der Waals surface area contributed by atoms with Crippen molar-refractivity contribution in [1.29, 1.82) is 0 Å². The number of carbonyl (C=O) groups excluding carboxylic acids is 2. The molecule has 2 aromatic carbocycles. The molecular weight excluding hydrogens is 377 g/mol. The molecule has 0 saturated heterocycles. The van der Waals surface area contributed by atoms with E-state index in [2.05, 4.69) is 10.6 Å². The van der Waals surface area contributed by atoms with E-state index in [0.29, 0.717) is 11.5 Å². The standard InChI is InChI=1S/C19H19F3N2O4/c1-27-15-7-6-12(8-16(15)28-2)11-23-17(25)10-18(26)24-14-5-3-4-13(9-14)19(20,21)22/h3-9H,10-11H2,1-2H3,(H,23,25)(H,24,26). The number of hydrogen-bond donors (Lipinski definition) is 2. The molecule has 0 aliphatic carbocycles. The lowest BCUT2D eigenvalue weighted by atomic mass is 10.2. The van der Waals surface area contributed by atoms with Gasteiger partial charge in [0.2, 0.25) is 11.8 Å². The molecule has 0 spiro atoms. The van der Waals surface area contributed by atoms with Crippen molar-refractivity contribution in [1.82, 2.24) is 5.32 Å². The molecule has 0 fully saturated rings. The highest BCUT2D eigenvalue weighted by molar-refractivity contribution is 6.03. The van der Waals surface area contributed by atoms with E-state index in [1.165, 1.54) is 26.4 Å². The first-order valence-electron chi connectivity index (χ1n) is 8.17. The monoisotopic (exact) mass is 396 g/mol. The Hall–Kier alpha value is -3.23. The lowest BCUT2D eigenvalue weighted by Crippen LogP contribution is -2.27. The van der Waals surface area contributed by atoms with E-state index in [4.69, 9.17) is 9.47 Å². The van der Waals surface area contributed by atoms with E-state index < -0.39 is 30.0 Å². The van der Waals surface area contributed by atoms with E-state index in [0.717, 1.165) is 17.7 Å². The van der Waals surface area contributed by atoms with Crippen molar-refractivity contribution in [2.24, 2.45) is 0 Å². The topological polar surface area (TPSA) is 76.7 Å². The van der Waals surface area contributed by atoms with Gasteiger partial charge in [-0.05, 0) is 35.9 Å². The molecule has 2 amide bonds. The van der Waals surface area contributed by atoms with Gasteiger partial charge in [-0.1, -0.05) is 12.1 Å². The highest BCUT2D eigenvalue weighted by Gasteiger charge is 2.30. The normalized spacial score (nSPS) is 10.9. The van der Waals surface area contributed by atoms with Gasteiger partial charge in [-0.25, -0.2) is 0 Å². The smallest absolute Gasteiger partial charge is 0.416 e. The minimum Gasteiger partial charge on any atom is -0.493 e. The lowest BCUT2D eigenvalue weighted by molar-refractivity contribution is -0.137. The molecule has 0 radical (unpaired) electrons. The second-order valence-electron chi connectivity index (χ2n) is 5.77. The number of amides is 2. The predicted molar refractivity (Wildman–Crippen MR) is 96.1 cm³/mol. The summed E-state index contributed by atoms with van der Waals surface area (Å²) in [5, 5.41) is 4.84. The van der Waals surface area contributed by atoms with E-state index in [1.807, 2.05) is 0 Å². The Morgan fingerprint density at radius 2 is 1.68 bits per heavy atom. The van der Waals surface area contributed by atoms with Gasteiger partial charge in [-0.15, -0.1) is 0 Å². The summed E-state index contributed by atoms with van der Waals surface area (Å²) in [7, 11) is 2.99. The van der Waals surface area contributed by atoms with Crippen LogP contribution >= 0.6 is 0 Å². The number of methoxy groups -OCH3 is 2. The third kappa shape index (κ3) is 5.90. The summed E-state index contributed by atoms with van der Waals surface area (Å²) in [6.45, 7) is 0.149. The van der Waals surface area contributed by atoms with Gasteiger partial charge in [0.25, 0.3) is 0 Å². The van der Waals surface area contributed by atoms with E-state index in [9.17, 15) is 22.8 Å². The Morgan fingerprint density at radius 3 is 2.32 bits per heavy atom. The first-order valence-corrected chi connectivity index (χ1v) is 8.17. The number of ether oxygens (including phenoxy) is 2. The SMILES string of the molecule is COc1ccc(CNC(=O)CC(=O)Nc2cccc(C(F)(F)F)c2)cc1OC. The zero-order chi connectivity index (χ0) is 20.7. The summed E-state index contributed by atoms with van der Waals surface area (Å²) in [6, 6.07) is 9.28. The summed E-state index contributed by atoms with van der Waals surface area (Å²) in [6.07, 6.45) is -5.04. The fourth-order valence-corrected chi connectivity index (χ4v) is 2.38. The van der Waals surface area contributed by atoms with Crippen LogP contribution in [0.2, 0.25) is 0 Å². The Kier molecular flexibility index (Phi) is 6.86. The van der Waals surface area contributed by atoms with Crippen LogP contribution in [0.5, 0.6) is 11.5 Å². The van der Waals surface area contributed by atoms with Gasteiger partial charge in [0.15, 0.2) is 11.5 Å². The maximum absolute atomic E-state index is 12.7. The van der Waals surface area contributed by atoms with Crippen molar-refractivity contribution in [3.05, 3.63) is 53.6 Å². The van der Waals surface area contributed by atoms with Crippen LogP contribution < -0.4 is 20.1 Å². The van der Waals surface area contributed by atoms with Crippen LogP contribution in [-0.2, 0) is 22.3 Å². The highest BCUT2D eigenvalue weighted by Crippen LogP contribution is 2.30. The van der Waals surface area contributed by atoms with Crippen LogP contribution in [0, 0.1) is 0 Å². The molecule has 0 atom stereocenters. The molecule has 28 heavy (non-hydrogen) atoms. The van der Waals surface area contributed by atoms with Crippen molar-refractivity contribution >= 4 is 17.5 Å². The first-order chi connectivity index (χ1) is 13.2. The minimum atomic E-state index is -4.52. The zero-order valence-corrected chi connectivity index (χ0v) is 15.2. The Morgan fingerprint density at radius 1 is 0.964 bits per heavy atom. The molecule has 9 heteroatoms. The number of halogens is 3. The maximum atomic E-state index is 12.7. The fourth-order valence-electron chi connectivity index (χ4n) is 2.38. The molecule has 0 saturated carbocycles. The van der Waals surface area contributed by atoms with Gasteiger partial charge >= 0.3 is 6.18 Å². The quantitative estimate of drug-likeness (QED) is 0.704. The number of anilines is 1. The van der Waals surface area contributed by atoms with Crippen LogP contribution in [0.15, 0.2) is 42.5 Å². The van der Waals surface area contributed by atoms with Crippen molar-refractivity contribution in [3.63, 3.8) is 0 Å². The molecule has 2 aromatic rings. The molecule has 0 aromatic heterocycles. The fraction of sp³-hybridized carbons (Fsp3) is 0.263. The Bertz CT molecular complexity index is 853. The van der Waals surface area contributed by atoms with Gasteiger partial charge in [0.05, 0.1) is 19.8 Å². The molecule has 2 rings (SSSR count). The summed E-state index contributed by atoms with van der Waals surface area (Å²) in [5.41, 5.74) is -0.194. The third-order valence-corrected chi connectivity index (χ3v) is 3.73. The molecule has 0 heterocycles. The largest absolute Gasteiger partial charge is 0.493 e. The summed E-state index contributed by atoms with van der Waals surface area (Å²) >= 11 is 0. The summed E-state index contributed by atoms with van der Waals surface area (Å²) in [5.74, 6) is -0.252. The van der Waals surface area contributed by atoms with Gasteiger partial charge in [-0.2, -0.15) is 13.2 Å². The first kappa shape index (κ1) is 21.1. The summed E-state index contributed by atoms with van der Waals surface area (Å²) in [4.78, 5) is 23.8. The molecule has 0 unspecified atom stereocenters. The second-order valence-corrected chi connectivity index (χ2v) is 5.77. The zero-order valence-electron chi connectivity index (χ0n) is 15.2. The molecule has 2 N–H and O–H groups in total. The van der Waals surface area contributed by atoms with Crippen molar-refractivity contribution in [3.8, 4) is 11.5 Å². The number of nitrogens with one attached hydrogen (secondary N) is 2. The number of carbonyl (C=O) groups is 2. The molecule has 0 aliphatic heterocycles.